The Balaban J connectivity index is 1.64. The maximum atomic E-state index is 12.6. The van der Waals surface area contributed by atoms with E-state index in [1.54, 1.807) is 35.2 Å². The number of anilines is 2. The van der Waals surface area contributed by atoms with E-state index in [9.17, 15) is 22.8 Å². The molecule has 1 N–H and O–H groups in total. The highest BCUT2D eigenvalue weighted by molar-refractivity contribution is 6.34. The summed E-state index contributed by atoms with van der Waals surface area (Å²) in [5, 5.41) is 3.37. The van der Waals surface area contributed by atoms with Crippen molar-refractivity contribution in [2.75, 3.05) is 43.0 Å². The van der Waals surface area contributed by atoms with Crippen LogP contribution in [0.2, 0.25) is 10.0 Å². The third-order valence-electron chi connectivity index (χ3n) is 4.85. The van der Waals surface area contributed by atoms with Crippen molar-refractivity contribution in [3.05, 3.63) is 52.0 Å². The summed E-state index contributed by atoms with van der Waals surface area (Å²) < 4.78 is 43.1. The van der Waals surface area contributed by atoms with Gasteiger partial charge in [0.2, 0.25) is 0 Å². The largest absolute Gasteiger partial charge is 0.492 e. The normalized spacial score (nSPS) is 14.3. The predicted molar refractivity (Wildman–Crippen MR) is 117 cm³/mol. The number of ether oxygens (including phenoxy) is 1. The van der Waals surface area contributed by atoms with Gasteiger partial charge in [0, 0.05) is 37.4 Å². The number of alkyl halides is 3. The molecule has 0 spiro atoms. The van der Waals surface area contributed by atoms with Crippen molar-refractivity contribution in [2.45, 2.75) is 13.1 Å². The lowest BCUT2D eigenvalue weighted by molar-refractivity contribution is -0.185. The molecule has 0 aromatic heterocycles. The number of piperazine rings is 1. The lowest BCUT2D eigenvalue weighted by Gasteiger charge is -2.36. The molecule has 0 saturated carbocycles. The lowest BCUT2D eigenvalue weighted by Crippen LogP contribution is -2.52. The van der Waals surface area contributed by atoms with Crippen molar-refractivity contribution < 1.29 is 27.5 Å². The van der Waals surface area contributed by atoms with Crippen LogP contribution in [0.5, 0.6) is 5.75 Å². The molecule has 0 atom stereocenters. The second-order valence-corrected chi connectivity index (χ2v) is 7.79. The highest BCUT2D eigenvalue weighted by Crippen LogP contribution is 2.31. The van der Waals surface area contributed by atoms with Crippen LogP contribution < -0.4 is 15.0 Å². The standard InChI is InChI=1S/C21H20Cl2F3N3O3/c1-2-32-18-6-3-13(11-16(18)23)19(30)27-14-4-5-17(15(22)12-14)28-7-9-29(10-8-28)20(31)21(24,25)26/h3-6,11-12H,2,7-10H2,1H3,(H,27,30). The Bertz CT molecular complexity index is 1010. The van der Waals surface area contributed by atoms with E-state index in [4.69, 9.17) is 27.9 Å². The lowest BCUT2D eigenvalue weighted by atomic mass is 10.2. The molecule has 2 aromatic carbocycles. The van der Waals surface area contributed by atoms with Crippen LogP contribution in [0.4, 0.5) is 24.5 Å². The van der Waals surface area contributed by atoms with Gasteiger partial charge in [0.25, 0.3) is 5.91 Å². The molecular formula is C21H20Cl2F3N3O3. The van der Waals surface area contributed by atoms with Gasteiger partial charge in [0.15, 0.2) is 0 Å². The topological polar surface area (TPSA) is 61.9 Å². The maximum absolute atomic E-state index is 12.6. The predicted octanol–water partition coefficient (Wildman–Crippen LogP) is 4.86. The zero-order valence-corrected chi connectivity index (χ0v) is 18.5. The summed E-state index contributed by atoms with van der Waals surface area (Å²) in [6.07, 6.45) is -4.88. The summed E-state index contributed by atoms with van der Waals surface area (Å²) in [7, 11) is 0. The van der Waals surface area contributed by atoms with Gasteiger partial charge < -0.3 is 19.9 Å². The van der Waals surface area contributed by atoms with E-state index in [-0.39, 0.29) is 26.2 Å². The molecule has 3 rings (SSSR count). The Hall–Kier alpha value is -2.65. The molecule has 0 aliphatic carbocycles. The average molecular weight is 490 g/mol. The van der Waals surface area contributed by atoms with Crippen LogP contribution >= 0.6 is 23.2 Å². The van der Waals surface area contributed by atoms with Crippen LogP contribution in [-0.4, -0.2) is 55.7 Å². The summed E-state index contributed by atoms with van der Waals surface area (Å²) in [5.74, 6) is -1.75. The van der Waals surface area contributed by atoms with Crippen LogP contribution in [0.1, 0.15) is 17.3 Å². The molecule has 32 heavy (non-hydrogen) atoms. The van der Waals surface area contributed by atoms with Gasteiger partial charge in [-0.3, -0.25) is 9.59 Å². The minimum Gasteiger partial charge on any atom is -0.492 e. The van der Waals surface area contributed by atoms with Crippen LogP contribution in [0.15, 0.2) is 36.4 Å². The average Bonchev–Trinajstić information content (AvgIpc) is 2.74. The first kappa shape index (κ1) is 24.0. The number of hydrogen-bond acceptors (Lipinski definition) is 4. The fourth-order valence-corrected chi connectivity index (χ4v) is 3.82. The zero-order chi connectivity index (χ0) is 23.5. The Morgan fingerprint density at radius 3 is 2.28 bits per heavy atom. The Kier molecular flexibility index (Phi) is 7.40. The minimum atomic E-state index is -4.88. The number of rotatable bonds is 5. The van der Waals surface area contributed by atoms with Crippen molar-refractivity contribution in [1.29, 1.82) is 0 Å². The van der Waals surface area contributed by atoms with Crippen molar-refractivity contribution in [3.8, 4) is 5.75 Å². The fourth-order valence-electron chi connectivity index (χ4n) is 3.29. The molecule has 6 nitrogen and oxygen atoms in total. The van der Waals surface area contributed by atoms with E-state index < -0.39 is 18.0 Å². The first-order valence-electron chi connectivity index (χ1n) is 9.74. The minimum absolute atomic E-state index is 0.0638. The molecule has 1 fully saturated rings. The molecule has 172 valence electrons. The van der Waals surface area contributed by atoms with Gasteiger partial charge in [0.1, 0.15) is 5.75 Å². The van der Waals surface area contributed by atoms with Crippen LogP contribution in [0.25, 0.3) is 0 Å². The van der Waals surface area contributed by atoms with Gasteiger partial charge >= 0.3 is 12.1 Å². The van der Waals surface area contributed by atoms with Gasteiger partial charge in [0.05, 0.1) is 22.3 Å². The molecule has 2 aromatic rings. The first-order chi connectivity index (χ1) is 15.1. The van der Waals surface area contributed by atoms with E-state index in [1.165, 1.54) is 6.07 Å². The number of carbonyl (C=O) groups is 2. The van der Waals surface area contributed by atoms with E-state index in [1.807, 2.05) is 6.92 Å². The third kappa shape index (κ3) is 5.58. The molecule has 1 aliphatic rings. The zero-order valence-electron chi connectivity index (χ0n) is 17.0. The van der Waals surface area contributed by atoms with Crippen molar-refractivity contribution in [3.63, 3.8) is 0 Å². The van der Waals surface area contributed by atoms with Gasteiger partial charge in [-0.2, -0.15) is 13.2 Å². The Morgan fingerprint density at radius 1 is 1.03 bits per heavy atom. The first-order valence-corrected chi connectivity index (χ1v) is 10.5. The van der Waals surface area contributed by atoms with Crippen molar-refractivity contribution in [2.24, 2.45) is 0 Å². The Morgan fingerprint density at radius 2 is 1.72 bits per heavy atom. The van der Waals surface area contributed by atoms with E-state index in [2.05, 4.69) is 5.32 Å². The smallest absolute Gasteiger partial charge is 0.471 e. The maximum Gasteiger partial charge on any atom is 0.471 e. The van der Waals surface area contributed by atoms with Crippen LogP contribution in [-0.2, 0) is 4.79 Å². The summed E-state index contributed by atoms with van der Waals surface area (Å²) in [4.78, 5) is 26.5. The van der Waals surface area contributed by atoms with E-state index in [0.717, 1.165) is 4.90 Å². The molecular weight excluding hydrogens is 470 g/mol. The molecule has 1 heterocycles. The molecule has 0 bridgehead atoms. The highest BCUT2D eigenvalue weighted by Gasteiger charge is 2.43. The monoisotopic (exact) mass is 489 g/mol. The number of amides is 2. The Labute approximate surface area is 192 Å². The molecule has 11 heteroatoms. The van der Waals surface area contributed by atoms with E-state index in [0.29, 0.717) is 39.3 Å². The fraction of sp³-hybridized carbons (Fsp3) is 0.333. The number of hydrogen-bond donors (Lipinski definition) is 1. The number of nitrogens with zero attached hydrogens (tertiary/aromatic N) is 2. The second kappa shape index (κ2) is 9.87. The van der Waals surface area contributed by atoms with Crippen LogP contribution in [0.3, 0.4) is 0 Å². The van der Waals surface area contributed by atoms with E-state index >= 15 is 0 Å². The number of benzene rings is 2. The van der Waals surface area contributed by atoms with Crippen LogP contribution in [0, 0.1) is 0 Å². The molecule has 1 saturated heterocycles. The van der Waals surface area contributed by atoms with Gasteiger partial charge in [-0.15, -0.1) is 0 Å². The molecule has 0 unspecified atom stereocenters. The van der Waals surface area contributed by atoms with Crippen molar-refractivity contribution in [1.82, 2.24) is 4.90 Å². The molecule has 0 radical (unpaired) electrons. The number of carbonyl (C=O) groups excluding carboxylic acids is 2. The van der Waals surface area contributed by atoms with Gasteiger partial charge in [-0.1, -0.05) is 23.2 Å². The molecule has 2 amide bonds. The summed E-state index contributed by atoms with van der Waals surface area (Å²) in [6.45, 7) is 2.56. The molecule has 1 aliphatic heterocycles. The summed E-state index contributed by atoms with van der Waals surface area (Å²) in [6, 6.07) is 9.56. The number of halogens is 5. The summed E-state index contributed by atoms with van der Waals surface area (Å²) in [5.41, 5.74) is 1.39. The third-order valence-corrected chi connectivity index (χ3v) is 5.45. The quantitative estimate of drug-likeness (QED) is 0.651. The number of nitrogens with one attached hydrogen (secondary N) is 1. The van der Waals surface area contributed by atoms with Crippen molar-refractivity contribution >= 4 is 46.4 Å². The second-order valence-electron chi connectivity index (χ2n) is 6.98. The van der Waals surface area contributed by atoms with Gasteiger partial charge in [-0.05, 0) is 43.3 Å². The SMILES string of the molecule is CCOc1ccc(C(=O)Nc2ccc(N3CCN(C(=O)C(F)(F)F)CC3)c(Cl)c2)cc1Cl. The highest BCUT2D eigenvalue weighted by atomic mass is 35.5. The van der Waals surface area contributed by atoms with Gasteiger partial charge in [-0.25, -0.2) is 0 Å². The summed E-state index contributed by atoms with van der Waals surface area (Å²) >= 11 is 12.5.